The van der Waals surface area contributed by atoms with E-state index in [9.17, 15) is 4.79 Å². The van der Waals surface area contributed by atoms with E-state index in [0.29, 0.717) is 35.5 Å². The van der Waals surface area contributed by atoms with Crippen molar-refractivity contribution < 1.29 is 14.3 Å². The van der Waals surface area contributed by atoms with Gasteiger partial charge in [-0.05, 0) is 45.2 Å². The molecule has 0 radical (unpaired) electrons. The van der Waals surface area contributed by atoms with Crippen molar-refractivity contribution in [1.82, 2.24) is 19.5 Å². The van der Waals surface area contributed by atoms with Gasteiger partial charge < -0.3 is 25.5 Å². The van der Waals surface area contributed by atoms with Crippen LogP contribution in [0, 0.1) is 0 Å². The van der Waals surface area contributed by atoms with Gasteiger partial charge in [-0.1, -0.05) is 0 Å². The zero-order chi connectivity index (χ0) is 21.3. The van der Waals surface area contributed by atoms with Crippen molar-refractivity contribution in [1.29, 1.82) is 0 Å². The molecular weight excluding hydrogens is 384 g/mol. The minimum atomic E-state index is -0.512. The average molecular weight is 410 g/mol. The third kappa shape index (κ3) is 3.99. The minimum Gasteiger partial charge on any atom is -0.399 e. The van der Waals surface area contributed by atoms with Gasteiger partial charge in [0.1, 0.15) is 11.3 Å². The molecule has 1 fully saturated rings. The predicted molar refractivity (Wildman–Crippen MR) is 113 cm³/mol. The molecule has 0 bridgehead atoms. The first kappa shape index (κ1) is 20.2. The van der Waals surface area contributed by atoms with Crippen molar-refractivity contribution in [2.24, 2.45) is 0 Å². The number of nitrogens with two attached hydrogens (primary N) is 2. The summed E-state index contributed by atoms with van der Waals surface area (Å²) in [5.74, 6) is -0.123. The Bertz CT molecular complexity index is 1070. The molecular formula is C21H26N6O3. The Morgan fingerprint density at radius 1 is 1.33 bits per heavy atom. The van der Waals surface area contributed by atoms with Crippen molar-refractivity contribution in [3.05, 3.63) is 42.0 Å². The molecule has 0 amide bonds. The number of aromatic nitrogens is 4. The van der Waals surface area contributed by atoms with E-state index < -0.39 is 5.54 Å². The van der Waals surface area contributed by atoms with Crippen LogP contribution in [0.3, 0.4) is 0 Å². The fourth-order valence-electron chi connectivity index (χ4n) is 3.58. The molecule has 1 saturated heterocycles. The second-order valence-electron chi connectivity index (χ2n) is 8.10. The average Bonchev–Trinajstić information content (AvgIpc) is 3.12. The van der Waals surface area contributed by atoms with Crippen LogP contribution in [-0.2, 0) is 15.0 Å². The summed E-state index contributed by atoms with van der Waals surface area (Å²) in [6, 6.07) is 3.19. The molecule has 3 aromatic heterocycles. The lowest BCUT2D eigenvalue weighted by atomic mass is 10.1. The Labute approximate surface area is 174 Å². The fourth-order valence-corrected chi connectivity index (χ4v) is 3.58. The molecule has 0 aliphatic carbocycles. The van der Waals surface area contributed by atoms with Gasteiger partial charge in [-0.25, -0.2) is 4.98 Å². The molecule has 1 atom stereocenters. The highest BCUT2D eigenvalue weighted by atomic mass is 16.7. The number of ketones is 1. The number of carbonyl (C=O) groups excluding carboxylic acids is 1. The van der Waals surface area contributed by atoms with Gasteiger partial charge in [-0.15, -0.1) is 0 Å². The standard InChI is InChI=1S/C21H26N6O3/c1-21(2,12-30-17-5-3-4-8-29-17)27-11-15(14-10-25-20(23)26-19(14)27)18(28)16-9-13(22)6-7-24-16/h6-7,9-11,17H,3-5,8,12H2,1-2H3,(H2,22,24)(H2,23,25,26). The van der Waals surface area contributed by atoms with Gasteiger partial charge >= 0.3 is 0 Å². The number of fused-ring (bicyclic) bond motifs is 1. The van der Waals surface area contributed by atoms with E-state index in [2.05, 4.69) is 15.0 Å². The maximum atomic E-state index is 13.2. The van der Waals surface area contributed by atoms with E-state index >= 15 is 0 Å². The summed E-state index contributed by atoms with van der Waals surface area (Å²) in [5, 5.41) is 0.598. The van der Waals surface area contributed by atoms with Gasteiger partial charge in [0, 0.05) is 36.3 Å². The number of pyridine rings is 1. The lowest BCUT2D eigenvalue weighted by Crippen LogP contribution is -2.35. The van der Waals surface area contributed by atoms with Crippen molar-refractivity contribution in [3.63, 3.8) is 0 Å². The Morgan fingerprint density at radius 3 is 2.90 bits per heavy atom. The molecule has 1 aliphatic heterocycles. The van der Waals surface area contributed by atoms with Crippen molar-refractivity contribution in [2.75, 3.05) is 24.7 Å². The Morgan fingerprint density at radius 2 is 2.17 bits per heavy atom. The number of nitrogens with zero attached hydrogens (tertiary/aromatic N) is 4. The second kappa shape index (κ2) is 8.00. The van der Waals surface area contributed by atoms with E-state index in [0.717, 1.165) is 19.3 Å². The first-order valence-corrected chi connectivity index (χ1v) is 9.98. The molecule has 0 aromatic carbocycles. The van der Waals surface area contributed by atoms with Crippen molar-refractivity contribution in [3.8, 4) is 0 Å². The zero-order valence-electron chi connectivity index (χ0n) is 17.2. The number of nitrogen functional groups attached to an aromatic ring is 2. The van der Waals surface area contributed by atoms with Gasteiger partial charge in [0.15, 0.2) is 6.29 Å². The van der Waals surface area contributed by atoms with Gasteiger partial charge in [-0.3, -0.25) is 9.78 Å². The highest BCUT2D eigenvalue weighted by Gasteiger charge is 2.29. The number of rotatable bonds is 6. The Kier molecular flexibility index (Phi) is 5.40. The summed E-state index contributed by atoms with van der Waals surface area (Å²) in [5.41, 5.74) is 12.9. The van der Waals surface area contributed by atoms with Crippen LogP contribution in [-0.4, -0.2) is 44.8 Å². The van der Waals surface area contributed by atoms with Gasteiger partial charge in [0.2, 0.25) is 11.7 Å². The SMILES string of the molecule is CC(C)(COC1CCCCO1)n1cc(C(=O)c2cc(N)ccn2)c2cnc(N)nc21. The van der Waals surface area contributed by atoms with Gasteiger partial charge in [0.25, 0.3) is 0 Å². The lowest BCUT2D eigenvalue weighted by Gasteiger charge is -2.31. The third-order valence-corrected chi connectivity index (χ3v) is 5.24. The van der Waals surface area contributed by atoms with Crippen molar-refractivity contribution >= 4 is 28.5 Å². The number of anilines is 2. The van der Waals surface area contributed by atoms with Crippen molar-refractivity contribution in [2.45, 2.75) is 44.9 Å². The van der Waals surface area contributed by atoms with Crippen LogP contribution in [0.5, 0.6) is 0 Å². The summed E-state index contributed by atoms with van der Waals surface area (Å²) in [6.45, 7) is 5.13. The summed E-state index contributed by atoms with van der Waals surface area (Å²) in [4.78, 5) is 25.8. The summed E-state index contributed by atoms with van der Waals surface area (Å²) < 4.78 is 13.6. The molecule has 1 aliphatic rings. The Balaban J connectivity index is 1.70. The number of carbonyl (C=O) groups is 1. The zero-order valence-corrected chi connectivity index (χ0v) is 17.2. The molecule has 9 nitrogen and oxygen atoms in total. The molecule has 3 aromatic rings. The number of hydrogen-bond donors (Lipinski definition) is 2. The van der Waals surface area contributed by atoms with E-state index in [1.807, 2.05) is 18.4 Å². The first-order chi connectivity index (χ1) is 14.3. The maximum Gasteiger partial charge on any atom is 0.221 e. The minimum absolute atomic E-state index is 0.135. The molecule has 0 spiro atoms. The number of hydrogen-bond acceptors (Lipinski definition) is 8. The van der Waals surface area contributed by atoms with Crippen LogP contribution < -0.4 is 11.5 Å². The molecule has 158 valence electrons. The van der Waals surface area contributed by atoms with Crippen LogP contribution in [0.4, 0.5) is 11.6 Å². The van der Waals surface area contributed by atoms with E-state index in [1.54, 1.807) is 24.5 Å². The highest BCUT2D eigenvalue weighted by molar-refractivity contribution is 6.15. The van der Waals surface area contributed by atoms with E-state index in [-0.39, 0.29) is 23.7 Å². The molecule has 4 rings (SSSR count). The third-order valence-electron chi connectivity index (χ3n) is 5.24. The molecule has 1 unspecified atom stereocenters. The summed E-state index contributed by atoms with van der Waals surface area (Å²) >= 11 is 0. The summed E-state index contributed by atoms with van der Waals surface area (Å²) in [7, 11) is 0. The maximum absolute atomic E-state index is 13.2. The highest BCUT2D eigenvalue weighted by Crippen LogP contribution is 2.29. The van der Waals surface area contributed by atoms with Crippen LogP contribution in [0.2, 0.25) is 0 Å². The van der Waals surface area contributed by atoms with Crippen LogP contribution >= 0.6 is 0 Å². The fraction of sp³-hybridized carbons (Fsp3) is 0.429. The first-order valence-electron chi connectivity index (χ1n) is 9.98. The van der Waals surface area contributed by atoms with Crippen LogP contribution in [0.25, 0.3) is 11.0 Å². The van der Waals surface area contributed by atoms with Gasteiger partial charge in [0.05, 0.1) is 17.7 Å². The molecule has 9 heteroatoms. The topological polar surface area (TPSA) is 131 Å². The van der Waals surface area contributed by atoms with E-state index in [4.69, 9.17) is 20.9 Å². The molecule has 30 heavy (non-hydrogen) atoms. The second-order valence-corrected chi connectivity index (χ2v) is 8.10. The largest absolute Gasteiger partial charge is 0.399 e. The van der Waals surface area contributed by atoms with Gasteiger partial charge in [-0.2, -0.15) is 4.98 Å². The van der Waals surface area contributed by atoms with Crippen LogP contribution in [0.15, 0.2) is 30.7 Å². The molecule has 4 N–H and O–H groups in total. The number of ether oxygens (including phenoxy) is 2. The molecule has 0 saturated carbocycles. The normalized spacial score (nSPS) is 17.3. The lowest BCUT2D eigenvalue weighted by molar-refractivity contribution is -0.174. The smallest absolute Gasteiger partial charge is 0.221 e. The summed E-state index contributed by atoms with van der Waals surface area (Å²) in [6.07, 6.45) is 7.66. The molecule has 4 heterocycles. The monoisotopic (exact) mass is 410 g/mol. The quantitative estimate of drug-likeness (QED) is 0.593. The predicted octanol–water partition coefficient (Wildman–Crippen LogP) is 2.50. The van der Waals surface area contributed by atoms with Crippen LogP contribution in [0.1, 0.15) is 49.2 Å². The van der Waals surface area contributed by atoms with E-state index in [1.165, 1.54) is 6.20 Å². The Hall–Kier alpha value is -3.04.